The maximum atomic E-state index is 13.9. The Balaban J connectivity index is 1.33. The standard InChI is InChI=1S/C33H47N5O9S/c1-4-12-33(3,30(42)36-48(44,45)47-32(2)13-14-32)35-29(41)26-16-22-17-27(39)37-20-24-11-8-10-23(25(24)21-37)9-6-5-7-15-46-31(43)34-18-28(40)38(26)19-22/h8,10-11,22,26H,4-7,9,12-21H2,1-3H3,(H,34,43)(H,35,41)(H,36,42). The van der Waals surface area contributed by atoms with Crippen LogP contribution in [0.25, 0.3) is 0 Å². The zero-order chi connectivity index (χ0) is 34.7. The normalized spacial score (nSPS) is 24.4. The summed E-state index contributed by atoms with van der Waals surface area (Å²) in [6.07, 6.45) is 4.39. The van der Waals surface area contributed by atoms with Crippen molar-refractivity contribution in [3.8, 4) is 0 Å². The molecule has 3 heterocycles. The molecule has 1 saturated heterocycles. The van der Waals surface area contributed by atoms with Crippen molar-refractivity contribution in [1.29, 1.82) is 0 Å². The van der Waals surface area contributed by atoms with Gasteiger partial charge in [-0.2, -0.15) is 8.42 Å². The van der Waals surface area contributed by atoms with Gasteiger partial charge >= 0.3 is 16.4 Å². The van der Waals surface area contributed by atoms with Gasteiger partial charge in [-0.15, -0.1) is 0 Å². The molecule has 15 heteroatoms. The fraction of sp³-hybridized carbons (Fsp3) is 0.667. The topological polar surface area (TPSA) is 181 Å². The van der Waals surface area contributed by atoms with Crippen LogP contribution < -0.4 is 15.4 Å². The van der Waals surface area contributed by atoms with Crippen LogP contribution in [0.5, 0.6) is 0 Å². The average molecular weight is 690 g/mol. The van der Waals surface area contributed by atoms with E-state index in [1.165, 1.54) is 17.4 Å². The lowest BCUT2D eigenvalue weighted by molar-refractivity contribution is -0.140. The predicted molar refractivity (Wildman–Crippen MR) is 173 cm³/mol. The predicted octanol–water partition coefficient (Wildman–Crippen LogP) is 2.19. The van der Waals surface area contributed by atoms with Crippen LogP contribution in [0.3, 0.4) is 0 Å². The average Bonchev–Trinajstić information content (AvgIpc) is 3.38. The Labute approximate surface area is 281 Å². The number of benzene rings is 1. The largest absolute Gasteiger partial charge is 0.450 e. The molecule has 5 amide bonds. The number of nitrogens with zero attached hydrogens (tertiary/aromatic N) is 2. The molecule has 1 aromatic carbocycles. The Morgan fingerprint density at radius 3 is 2.58 bits per heavy atom. The number of nitrogens with one attached hydrogen (secondary N) is 3. The van der Waals surface area contributed by atoms with Gasteiger partial charge in [0.15, 0.2) is 0 Å². The van der Waals surface area contributed by atoms with Crippen molar-refractivity contribution in [1.82, 2.24) is 25.2 Å². The van der Waals surface area contributed by atoms with E-state index in [2.05, 4.69) is 16.7 Å². The third kappa shape index (κ3) is 8.65. The molecule has 2 fully saturated rings. The van der Waals surface area contributed by atoms with Crippen LogP contribution in [0.4, 0.5) is 4.79 Å². The van der Waals surface area contributed by atoms with E-state index in [-0.39, 0.29) is 44.2 Å². The molecular weight excluding hydrogens is 642 g/mol. The minimum absolute atomic E-state index is 0.0833. The molecule has 4 bridgehead atoms. The van der Waals surface area contributed by atoms with Crippen LogP contribution in [-0.4, -0.2) is 84.8 Å². The number of carbonyl (C=O) groups excluding carboxylic acids is 5. The van der Waals surface area contributed by atoms with Gasteiger partial charge in [0.1, 0.15) is 18.1 Å². The number of hydrogen-bond acceptors (Lipinski definition) is 9. The van der Waals surface area contributed by atoms with Crippen LogP contribution in [0.2, 0.25) is 0 Å². The smallest absolute Gasteiger partial charge is 0.407 e. The third-order valence-corrected chi connectivity index (χ3v) is 10.8. The molecule has 1 aliphatic carbocycles. The van der Waals surface area contributed by atoms with Crippen molar-refractivity contribution >= 4 is 40.0 Å². The summed E-state index contributed by atoms with van der Waals surface area (Å²) in [6.45, 7) is 5.70. The summed E-state index contributed by atoms with van der Waals surface area (Å²) in [5, 5.41) is 5.16. The summed E-state index contributed by atoms with van der Waals surface area (Å²) in [7, 11) is -4.44. The van der Waals surface area contributed by atoms with Crippen LogP contribution in [0.1, 0.15) is 95.2 Å². The van der Waals surface area contributed by atoms with Gasteiger partial charge in [-0.3, -0.25) is 19.2 Å². The summed E-state index contributed by atoms with van der Waals surface area (Å²) in [4.78, 5) is 69.7. The van der Waals surface area contributed by atoms with Gasteiger partial charge in [0, 0.05) is 26.1 Å². The van der Waals surface area contributed by atoms with Crippen molar-refractivity contribution in [3.63, 3.8) is 0 Å². The molecule has 1 saturated carbocycles. The molecule has 0 spiro atoms. The molecule has 264 valence electrons. The van der Waals surface area contributed by atoms with Gasteiger partial charge < -0.3 is 25.2 Å². The highest BCUT2D eigenvalue weighted by atomic mass is 32.2. The number of aryl methyl sites for hydroxylation is 1. The van der Waals surface area contributed by atoms with Crippen molar-refractivity contribution in [2.45, 2.75) is 115 Å². The molecule has 3 unspecified atom stereocenters. The van der Waals surface area contributed by atoms with Crippen molar-refractivity contribution < 1.29 is 41.3 Å². The van der Waals surface area contributed by atoms with E-state index in [0.29, 0.717) is 38.8 Å². The first-order valence-electron chi connectivity index (χ1n) is 16.9. The Morgan fingerprint density at radius 2 is 1.85 bits per heavy atom. The molecule has 48 heavy (non-hydrogen) atoms. The minimum Gasteiger partial charge on any atom is -0.450 e. The number of hydrogen-bond donors (Lipinski definition) is 3. The lowest BCUT2D eigenvalue weighted by atomic mass is 9.94. The molecule has 0 radical (unpaired) electrons. The highest BCUT2D eigenvalue weighted by Crippen LogP contribution is 2.40. The number of amides is 5. The van der Waals surface area contributed by atoms with Crippen molar-refractivity contribution in [2.75, 3.05) is 19.7 Å². The number of carbonyl (C=O) groups is 5. The maximum Gasteiger partial charge on any atom is 0.407 e. The summed E-state index contributed by atoms with van der Waals surface area (Å²) in [5.41, 5.74) is 0.967. The van der Waals surface area contributed by atoms with Crippen LogP contribution in [0.15, 0.2) is 18.2 Å². The van der Waals surface area contributed by atoms with Crippen molar-refractivity contribution in [2.24, 2.45) is 5.92 Å². The first kappa shape index (κ1) is 35.6. The number of cyclic esters (lactones) is 1. The molecule has 14 nitrogen and oxygen atoms in total. The van der Waals surface area contributed by atoms with Gasteiger partial charge in [-0.1, -0.05) is 31.5 Å². The fourth-order valence-electron chi connectivity index (χ4n) is 6.79. The number of alkyl carbamates (subject to hydrolysis) is 1. The Bertz CT molecular complexity index is 1550. The third-order valence-electron chi connectivity index (χ3n) is 9.75. The lowest BCUT2D eigenvalue weighted by Crippen LogP contribution is -2.61. The summed E-state index contributed by atoms with van der Waals surface area (Å²) in [5.74, 6) is -2.63. The first-order valence-corrected chi connectivity index (χ1v) is 18.3. The second kappa shape index (κ2) is 14.4. The fourth-order valence-corrected chi connectivity index (χ4v) is 7.98. The molecule has 3 aliphatic heterocycles. The Kier molecular flexibility index (Phi) is 10.7. The second-order valence-electron chi connectivity index (χ2n) is 14.0. The van der Waals surface area contributed by atoms with Gasteiger partial charge in [0.2, 0.25) is 17.7 Å². The van der Waals surface area contributed by atoms with Gasteiger partial charge in [0.25, 0.3) is 5.91 Å². The number of fused-ring (bicyclic) bond motifs is 3. The van der Waals surface area contributed by atoms with Crippen LogP contribution in [0, 0.1) is 5.92 Å². The van der Waals surface area contributed by atoms with E-state index in [1.807, 2.05) is 21.8 Å². The van der Waals surface area contributed by atoms with Gasteiger partial charge in [0.05, 0.1) is 12.2 Å². The zero-order valence-corrected chi connectivity index (χ0v) is 28.8. The maximum absolute atomic E-state index is 13.9. The highest BCUT2D eigenvalue weighted by Gasteiger charge is 2.47. The molecule has 3 N–H and O–H groups in total. The Morgan fingerprint density at radius 1 is 1.10 bits per heavy atom. The highest BCUT2D eigenvalue weighted by molar-refractivity contribution is 7.85. The molecule has 1 aromatic rings. The monoisotopic (exact) mass is 689 g/mol. The zero-order valence-electron chi connectivity index (χ0n) is 28.0. The number of ether oxygens (including phenoxy) is 1. The molecule has 5 rings (SSSR count). The molecule has 0 aromatic heterocycles. The first-order chi connectivity index (χ1) is 22.7. The van der Waals surface area contributed by atoms with E-state index in [1.54, 1.807) is 13.8 Å². The van der Waals surface area contributed by atoms with E-state index in [9.17, 15) is 32.4 Å². The van der Waals surface area contributed by atoms with E-state index in [4.69, 9.17) is 8.92 Å². The molecule has 3 atom stereocenters. The molecular formula is C33H47N5O9S. The van der Waals surface area contributed by atoms with E-state index >= 15 is 0 Å². The lowest BCUT2D eigenvalue weighted by Gasteiger charge is -2.32. The van der Waals surface area contributed by atoms with E-state index < -0.39 is 57.8 Å². The summed E-state index contributed by atoms with van der Waals surface area (Å²) in [6, 6.07) is 5.07. The summed E-state index contributed by atoms with van der Waals surface area (Å²) >= 11 is 0. The Hall–Kier alpha value is -3.72. The van der Waals surface area contributed by atoms with Gasteiger partial charge in [-0.25, -0.2) is 13.7 Å². The molecule has 4 aliphatic rings. The quantitative estimate of drug-likeness (QED) is 0.369. The van der Waals surface area contributed by atoms with Crippen LogP contribution in [-0.2, 0) is 57.9 Å². The number of rotatable bonds is 8. The van der Waals surface area contributed by atoms with Crippen LogP contribution >= 0.6 is 0 Å². The van der Waals surface area contributed by atoms with E-state index in [0.717, 1.165) is 30.4 Å². The van der Waals surface area contributed by atoms with Crippen molar-refractivity contribution in [3.05, 3.63) is 34.9 Å². The summed E-state index contributed by atoms with van der Waals surface area (Å²) < 4.78 is 37.5. The minimum atomic E-state index is -4.44. The SMILES string of the molecule is CCCC(C)(NC(=O)C1CC2CC(=O)N3Cc4cccc(c4C3)CCCCCOC(=O)NCC(=O)N1C2)C(=O)NS(=O)(=O)OC1(C)CC1. The second-order valence-corrected chi connectivity index (χ2v) is 15.2. The van der Waals surface area contributed by atoms with Gasteiger partial charge in [-0.05, 0) is 87.8 Å².